The Labute approximate surface area is 122 Å². The summed E-state index contributed by atoms with van der Waals surface area (Å²) in [6.45, 7) is 0.0513. The highest BCUT2D eigenvalue weighted by molar-refractivity contribution is 5.96. The number of aliphatic hydroxyl groups is 1. The van der Waals surface area contributed by atoms with E-state index in [1.165, 1.54) is 0 Å². The predicted molar refractivity (Wildman–Crippen MR) is 80.2 cm³/mol. The molecule has 1 atom stereocenters. The first kappa shape index (κ1) is 13.8. The molecular formula is C16H18N2O3. The van der Waals surface area contributed by atoms with Crippen LogP contribution < -0.4 is 10.9 Å². The third-order valence-corrected chi connectivity index (χ3v) is 3.95. The number of aromatic nitrogens is 1. The Kier molecular flexibility index (Phi) is 3.75. The maximum atomic E-state index is 12.3. The van der Waals surface area contributed by atoms with Crippen molar-refractivity contribution in [3.63, 3.8) is 0 Å². The number of H-pyrrole nitrogens is 1. The summed E-state index contributed by atoms with van der Waals surface area (Å²) < 4.78 is 0. The summed E-state index contributed by atoms with van der Waals surface area (Å²) in [5, 5.41) is 13.3. The van der Waals surface area contributed by atoms with Gasteiger partial charge in [0.15, 0.2) is 0 Å². The minimum absolute atomic E-state index is 0.0162. The fraction of sp³-hybridized carbons (Fsp3) is 0.375. The van der Waals surface area contributed by atoms with Crippen molar-refractivity contribution in [2.75, 3.05) is 6.61 Å². The second kappa shape index (κ2) is 5.69. The van der Waals surface area contributed by atoms with Gasteiger partial charge in [0.05, 0.1) is 0 Å². The van der Waals surface area contributed by atoms with Crippen molar-refractivity contribution in [3.8, 4) is 0 Å². The zero-order valence-corrected chi connectivity index (χ0v) is 11.6. The highest BCUT2D eigenvalue weighted by atomic mass is 16.3. The molecule has 5 nitrogen and oxygen atoms in total. The lowest BCUT2D eigenvalue weighted by Crippen LogP contribution is -2.38. The van der Waals surface area contributed by atoms with Crippen molar-refractivity contribution in [3.05, 3.63) is 46.4 Å². The predicted octanol–water partition coefficient (Wildman–Crippen LogP) is 1.42. The molecule has 0 radical (unpaired) electrons. The van der Waals surface area contributed by atoms with E-state index in [9.17, 15) is 9.59 Å². The first-order chi connectivity index (χ1) is 10.2. The Morgan fingerprint density at radius 3 is 2.86 bits per heavy atom. The fourth-order valence-corrected chi connectivity index (χ4v) is 2.64. The molecule has 0 bridgehead atoms. The number of hydrogen-bond donors (Lipinski definition) is 3. The lowest BCUT2D eigenvalue weighted by molar-refractivity contribution is 0.0919. The number of aromatic amines is 1. The second-order valence-corrected chi connectivity index (χ2v) is 5.53. The van der Waals surface area contributed by atoms with Gasteiger partial charge in [-0.2, -0.15) is 0 Å². The van der Waals surface area contributed by atoms with Crippen LogP contribution in [0.4, 0.5) is 0 Å². The summed E-state index contributed by atoms with van der Waals surface area (Å²) in [7, 11) is 0. The summed E-state index contributed by atoms with van der Waals surface area (Å²) in [6.07, 6.45) is 2.71. The summed E-state index contributed by atoms with van der Waals surface area (Å²) in [5.74, 6) is 0.163. The number of carbonyl (C=O) groups excluding carboxylic acids is 1. The van der Waals surface area contributed by atoms with E-state index >= 15 is 0 Å². The van der Waals surface area contributed by atoms with Crippen LogP contribution in [0.5, 0.6) is 0 Å². The summed E-state index contributed by atoms with van der Waals surface area (Å²) in [4.78, 5) is 26.9. The van der Waals surface area contributed by atoms with Crippen LogP contribution in [0.1, 0.15) is 29.8 Å². The van der Waals surface area contributed by atoms with E-state index in [1.807, 2.05) is 12.1 Å². The minimum atomic E-state index is -0.289. The topological polar surface area (TPSA) is 82.2 Å². The number of hydrogen-bond acceptors (Lipinski definition) is 3. The molecule has 1 aromatic heterocycles. The highest BCUT2D eigenvalue weighted by Crippen LogP contribution is 2.34. The lowest BCUT2D eigenvalue weighted by Gasteiger charge is -2.17. The molecule has 1 unspecified atom stereocenters. The van der Waals surface area contributed by atoms with Gasteiger partial charge in [0.1, 0.15) is 5.69 Å². The largest absolute Gasteiger partial charge is 0.396 e. The number of amides is 1. The molecule has 1 saturated carbocycles. The van der Waals surface area contributed by atoms with Crippen LogP contribution in [-0.2, 0) is 0 Å². The zero-order valence-electron chi connectivity index (χ0n) is 11.6. The fourth-order valence-electron chi connectivity index (χ4n) is 2.64. The summed E-state index contributed by atoms with van der Waals surface area (Å²) in [5.41, 5.74) is 0.00525. The van der Waals surface area contributed by atoms with Crippen LogP contribution in [0.3, 0.4) is 0 Å². The van der Waals surface area contributed by atoms with E-state index in [0.717, 1.165) is 18.2 Å². The van der Waals surface area contributed by atoms with E-state index < -0.39 is 0 Å². The van der Waals surface area contributed by atoms with E-state index in [2.05, 4.69) is 10.3 Å². The van der Waals surface area contributed by atoms with Gasteiger partial charge in [-0.05, 0) is 42.7 Å². The number of pyridine rings is 1. The van der Waals surface area contributed by atoms with Crippen molar-refractivity contribution in [2.45, 2.75) is 25.3 Å². The molecule has 2 aromatic rings. The van der Waals surface area contributed by atoms with Gasteiger partial charge in [0.2, 0.25) is 0 Å². The zero-order chi connectivity index (χ0) is 14.8. The number of nitrogens with one attached hydrogen (secondary N) is 2. The normalized spacial score (nSPS) is 15.9. The van der Waals surface area contributed by atoms with Crippen molar-refractivity contribution in [1.29, 1.82) is 0 Å². The molecule has 1 amide bonds. The molecule has 110 valence electrons. The van der Waals surface area contributed by atoms with Gasteiger partial charge >= 0.3 is 0 Å². The molecular weight excluding hydrogens is 268 g/mol. The first-order valence-electron chi connectivity index (χ1n) is 7.23. The van der Waals surface area contributed by atoms with Gasteiger partial charge in [0.25, 0.3) is 11.5 Å². The average Bonchev–Trinajstić information content (AvgIpc) is 3.31. The van der Waals surface area contributed by atoms with Gasteiger partial charge in [-0.25, -0.2) is 0 Å². The molecule has 3 N–H and O–H groups in total. The van der Waals surface area contributed by atoms with Crippen LogP contribution in [0.15, 0.2) is 35.1 Å². The van der Waals surface area contributed by atoms with Gasteiger partial charge in [0, 0.05) is 18.0 Å². The van der Waals surface area contributed by atoms with Crippen molar-refractivity contribution >= 4 is 16.7 Å². The number of rotatable bonds is 5. The SMILES string of the molecule is O=C(NC(CCO)C1CC1)c1cc2ccccc2c(=O)[nH]1. The third kappa shape index (κ3) is 2.97. The Morgan fingerprint density at radius 2 is 2.14 bits per heavy atom. The van der Waals surface area contributed by atoms with Gasteiger partial charge in [-0.15, -0.1) is 0 Å². The van der Waals surface area contributed by atoms with Crippen LogP contribution in [0, 0.1) is 5.92 Å². The Hall–Kier alpha value is -2.14. The Bertz CT molecular complexity index is 719. The van der Waals surface area contributed by atoms with Crippen molar-refractivity contribution < 1.29 is 9.90 Å². The van der Waals surface area contributed by atoms with Crippen LogP contribution in [0.25, 0.3) is 10.8 Å². The summed E-state index contributed by atoms with van der Waals surface area (Å²) in [6, 6.07) is 8.85. The van der Waals surface area contributed by atoms with E-state index in [1.54, 1.807) is 18.2 Å². The standard InChI is InChI=1S/C16H18N2O3/c19-8-7-13(10-5-6-10)17-16(21)14-9-11-3-1-2-4-12(11)15(20)18-14/h1-4,9-10,13,19H,5-8H2,(H,17,21)(H,18,20). The molecule has 1 aliphatic rings. The second-order valence-electron chi connectivity index (χ2n) is 5.53. The van der Waals surface area contributed by atoms with E-state index in [-0.39, 0.29) is 29.8 Å². The first-order valence-corrected chi connectivity index (χ1v) is 7.23. The molecule has 21 heavy (non-hydrogen) atoms. The van der Waals surface area contributed by atoms with E-state index in [0.29, 0.717) is 17.7 Å². The number of fused-ring (bicyclic) bond motifs is 1. The molecule has 1 aromatic carbocycles. The third-order valence-electron chi connectivity index (χ3n) is 3.95. The van der Waals surface area contributed by atoms with Crippen LogP contribution in [-0.4, -0.2) is 28.6 Å². The highest BCUT2D eigenvalue weighted by Gasteiger charge is 2.32. The number of benzene rings is 1. The van der Waals surface area contributed by atoms with Crippen molar-refractivity contribution in [2.24, 2.45) is 5.92 Å². The molecule has 1 heterocycles. The van der Waals surface area contributed by atoms with Gasteiger partial charge in [-0.3, -0.25) is 9.59 Å². The maximum Gasteiger partial charge on any atom is 0.268 e. The van der Waals surface area contributed by atoms with Crippen LogP contribution >= 0.6 is 0 Å². The molecule has 0 spiro atoms. The maximum absolute atomic E-state index is 12.3. The molecule has 1 fully saturated rings. The Morgan fingerprint density at radius 1 is 1.38 bits per heavy atom. The smallest absolute Gasteiger partial charge is 0.268 e. The minimum Gasteiger partial charge on any atom is -0.396 e. The average molecular weight is 286 g/mol. The molecule has 0 saturated heterocycles. The lowest BCUT2D eigenvalue weighted by atomic mass is 10.1. The van der Waals surface area contributed by atoms with Gasteiger partial charge < -0.3 is 15.4 Å². The quantitative estimate of drug-likeness (QED) is 0.777. The monoisotopic (exact) mass is 286 g/mol. The number of carbonyl (C=O) groups is 1. The molecule has 5 heteroatoms. The Balaban J connectivity index is 1.85. The summed E-state index contributed by atoms with van der Waals surface area (Å²) >= 11 is 0. The molecule has 3 rings (SSSR count). The van der Waals surface area contributed by atoms with Crippen LogP contribution in [0.2, 0.25) is 0 Å². The van der Waals surface area contributed by atoms with E-state index in [4.69, 9.17) is 5.11 Å². The molecule has 0 aliphatic heterocycles. The van der Waals surface area contributed by atoms with Crippen molar-refractivity contribution in [1.82, 2.24) is 10.3 Å². The number of aliphatic hydroxyl groups excluding tert-OH is 1. The molecule has 1 aliphatic carbocycles. The van der Waals surface area contributed by atoms with Gasteiger partial charge in [-0.1, -0.05) is 18.2 Å².